The molecule has 0 radical (unpaired) electrons. The number of fused-ring (bicyclic) bond motifs is 2. The number of carbonyl (C=O) groups is 1. The van der Waals surface area contributed by atoms with Crippen LogP contribution in [0.25, 0.3) is 0 Å². The quantitative estimate of drug-likeness (QED) is 0.289. The zero-order chi connectivity index (χ0) is 23.3. The summed E-state index contributed by atoms with van der Waals surface area (Å²) < 4.78 is 11.7. The fourth-order valence-corrected chi connectivity index (χ4v) is 6.06. The molecule has 4 aromatic rings. The van der Waals surface area contributed by atoms with Gasteiger partial charge in [-0.05, 0) is 57.3 Å². The molecule has 1 unspecified atom stereocenters. The Kier molecular flexibility index (Phi) is 6.94. The van der Waals surface area contributed by atoms with Gasteiger partial charge in [-0.15, -0.1) is 22.7 Å². The Labute approximate surface area is 206 Å². The molecule has 2 aromatic carbocycles. The summed E-state index contributed by atoms with van der Waals surface area (Å²) in [6, 6.07) is 21.6. The summed E-state index contributed by atoms with van der Waals surface area (Å²) in [7, 11) is 0. The average Bonchev–Trinajstić information content (AvgIpc) is 3.52. The van der Waals surface area contributed by atoms with Crippen LogP contribution in [0.3, 0.4) is 0 Å². The number of aliphatic carboxylic acids is 1. The third-order valence-corrected chi connectivity index (χ3v) is 7.77. The smallest absolute Gasteiger partial charge is 0.333 e. The van der Waals surface area contributed by atoms with E-state index in [1.807, 2.05) is 54.6 Å². The van der Waals surface area contributed by atoms with Gasteiger partial charge in [0.1, 0.15) is 12.4 Å². The highest BCUT2D eigenvalue weighted by Crippen LogP contribution is 2.44. The number of carboxylic acids is 1. The maximum Gasteiger partial charge on any atom is 0.333 e. The predicted octanol–water partition coefficient (Wildman–Crippen LogP) is 6.14. The van der Waals surface area contributed by atoms with Crippen LogP contribution >= 0.6 is 22.7 Å². The summed E-state index contributed by atoms with van der Waals surface area (Å²) in [5.41, 5.74) is 4.61. The number of thiophene rings is 2. The number of anilines is 2. The number of nitrogens with zero attached hydrogens (tertiary/aromatic N) is 1. The summed E-state index contributed by atoms with van der Waals surface area (Å²) in [5, 5.41) is 16.5. The third kappa shape index (κ3) is 5.17. The minimum absolute atomic E-state index is 0.271. The molecule has 0 bridgehead atoms. The Bertz CT molecular complexity index is 1190. The first-order chi connectivity index (χ1) is 16.7. The van der Waals surface area contributed by atoms with E-state index in [9.17, 15) is 9.90 Å². The number of carboxylic acid groups (broad SMARTS) is 1. The molecular weight excluding hydrogens is 466 g/mol. The van der Waals surface area contributed by atoms with Crippen molar-refractivity contribution in [1.29, 1.82) is 0 Å². The Morgan fingerprint density at radius 2 is 1.59 bits per heavy atom. The van der Waals surface area contributed by atoms with Gasteiger partial charge in [-0.3, -0.25) is 0 Å². The molecule has 5 rings (SSSR count). The first kappa shape index (κ1) is 22.7. The van der Waals surface area contributed by atoms with Crippen molar-refractivity contribution in [2.75, 3.05) is 18.1 Å². The normalized spacial score (nSPS) is 13.2. The van der Waals surface area contributed by atoms with Gasteiger partial charge in [-0.25, -0.2) is 4.79 Å². The zero-order valence-electron chi connectivity index (χ0n) is 18.6. The summed E-state index contributed by atoms with van der Waals surface area (Å²) in [6.45, 7) is 1.61. The van der Waals surface area contributed by atoms with Crippen molar-refractivity contribution < 1.29 is 19.4 Å². The molecule has 34 heavy (non-hydrogen) atoms. The van der Waals surface area contributed by atoms with E-state index in [1.165, 1.54) is 21.1 Å². The minimum atomic E-state index is -0.960. The summed E-state index contributed by atoms with van der Waals surface area (Å²) in [6.07, 6.45) is 0.410. The second-order valence-electron chi connectivity index (χ2n) is 8.15. The average molecular weight is 492 g/mol. The Morgan fingerprint density at radius 3 is 2.24 bits per heavy atom. The van der Waals surface area contributed by atoms with Gasteiger partial charge in [-0.2, -0.15) is 0 Å². The first-order valence-corrected chi connectivity index (χ1v) is 12.9. The standard InChI is InChI=1S/C27H25NO4S2/c29-27(30)24(32-18-20-4-2-1-3-5-20)16-19-6-8-23(9-7-19)31-13-12-28-25-21(10-14-33-25)17-22-11-15-34-26(22)28/h1-11,14-15,24H,12-13,16-18H2,(H,29,30). The topological polar surface area (TPSA) is 59.0 Å². The van der Waals surface area contributed by atoms with Crippen LogP contribution in [0.4, 0.5) is 10.0 Å². The number of hydrogen-bond donors (Lipinski definition) is 1. The van der Waals surface area contributed by atoms with E-state index in [-0.39, 0.29) is 6.61 Å². The van der Waals surface area contributed by atoms with Gasteiger partial charge in [0.25, 0.3) is 0 Å². The van der Waals surface area contributed by atoms with Crippen LogP contribution in [-0.4, -0.2) is 30.3 Å². The van der Waals surface area contributed by atoms with E-state index < -0.39 is 12.1 Å². The van der Waals surface area contributed by atoms with Crippen molar-refractivity contribution in [3.63, 3.8) is 0 Å². The molecule has 3 heterocycles. The van der Waals surface area contributed by atoms with Gasteiger partial charge < -0.3 is 19.5 Å². The monoisotopic (exact) mass is 491 g/mol. The fraction of sp³-hybridized carbons (Fsp3) is 0.222. The van der Waals surface area contributed by atoms with Crippen LogP contribution in [0.15, 0.2) is 77.5 Å². The molecule has 0 aliphatic carbocycles. The number of benzene rings is 2. The van der Waals surface area contributed by atoms with Crippen LogP contribution in [0.1, 0.15) is 22.3 Å². The maximum absolute atomic E-state index is 11.7. The molecule has 5 nitrogen and oxygen atoms in total. The summed E-state index contributed by atoms with van der Waals surface area (Å²) in [4.78, 5) is 14.0. The largest absolute Gasteiger partial charge is 0.492 e. The highest BCUT2D eigenvalue weighted by Gasteiger charge is 2.24. The molecule has 1 atom stereocenters. The lowest BCUT2D eigenvalue weighted by Crippen LogP contribution is -2.26. The van der Waals surface area contributed by atoms with Crippen LogP contribution < -0.4 is 9.64 Å². The molecule has 0 fully saturated rings. The van der Waals surface area contributed by atoms with Crippen molar-refractivity contribution in [2.24, 2.45) is 0 Å². The van der Waals surface area contributed by atoms with Crippen molar-refractivity contribution in [1.82, 2.24) is 0 Å². The fourth-order valence-electron chi connectivity index (χ4n) is 4.08. The second kappa shape index (κ2) is 10.4. The molecular formula is C27H25NO4S2. The second-order valence-corrected chi connectivity index (χ2v) is 9.94. The van der Waals surface area contributed by atoms with Gasteiger partial charge in [0.2, 0.25) is 0 Å². The lowest BCUT2D eigenvalue weighted by atomic mass is 10.1. The molecule has 1 aliphatic heterocycles. The van der Waals surface area contributed by atoms with Crippen molar-refractivity contribution >= 4 is 38.6 Å². The SMILES string of the molecule is O=C(O)C(Cc1ccc(OCCN2c3sccc3Cc3ccsc32)cc1)OCc1ccccc1. The Hall–Kier alpha value is -3.13. The van der Waals surface area contributed by atoms with Crippen molar-refractivity contribution in [3.05, 3.63) is 99.7 Å². The third-order valence-electron chi connectivity index (χ3n) is 5.82. The molecule has 7 heteroatoms. The van der Waals surface area contributed by atoms with E-state index in [1.54, 1.807) is 22.7 Å². The molecule has 1 aliphatic rings. The van der Waals surface area contributed by atoms with Crippen molar-refractivity contribution in [3.8, 4) is 5.75 Å². The van der Waals surface area contributed by atoms with E-state index in [4.69, 9.17) is 9.47 Å². The summed E-state index contributed by atoms with van der Waals surface area (Å²) in [5.74, 6) is -0.186. The molecule has 174 valence electrons. The first-order valence-electron chi connectivity index (χ1n) is 11.2. The van der Waals surface area contributed by atoms with E-state index in [0.29, 0.717) is 13.0 Å². The van der Waals surface area contributed by atoms with Crippen LogP contribution in [0.2, 0.25) is 0 Å². The van der Waals surface area contributed by atoms with E-state index >= 15 is 0 Å². The van der Waals surface area contributed by atoms with E-state index in [0.717, 1.165) is 29.8 Å². The highest BCUT2D eigenvalue weighted by atomic mass is 32.1. The lowest BCUT2D eigenvalue weighted by molar-refractivity contribution is -0.151. The minimum Gasteiger partial charge on any atom is -0.492 e. The van der Waals surface area contributed by atoms with Crippen molar-refractivity contribution in [2.45, 2.75) is 25.6 Å². The number of rotatable bonds is 10. The van der Waals surface area contributed by atoms with Crippen LogP contribution in [0.5, 0.6) is 5.75 Å². The summed E-state index contributed by atoms with van der Waals surface area (Å²) >= 11 is 3.55. The zero-order valence-corrected chi connectivity index (χ0v) is 20.2. The highest BCUT2D eigenvalue weighted by molar-refractivity contribution is 7.17. The number of ether oxygens (including phenoxy) is 2. The lowest BCUT2D eigenvalue weighted by Gasteiger charge is -2.28. The number of hydrogen-bond acceptors (Lipinski definition) is 6. The van der Waals surface area contributed by atoms with Gasteiger partial charge in [0.05, 0.1) is 23.2 Å². The molecule has 0 saturated heterocycles. The van der Waals surface area contributed by atoms with Crippen LogP contribution in [0, 0.1) is 0 Å². The van der Waals surface area contributed by atoms with Gasteiger partial charge >= 0.3 is 5.97 Å². The molecule has 0 amide bonds. The molecule has 0 spiro atoms. The molecule has 2 aromatic heterocycles. The van der Waals surface area contributed by atoms with Gasteiger partial charge in [0.15, 0.2) is 6.10 Å². The van der Waals surface area contributed by atoms with E-state index in [2.05, 4.69) is 27.8 Å². The van der Waals surface area contributed by atoms with Gasteiger partial charge in [-0.1, -0.05) is 42.5 Å². The maximum atomic E-state index is 11.7. The van der Waals surface area contributed by atoms with Crippen LogP contribution in [-0.2, 0) is 29.0 Å². The Balaban J connectivity index is 1.15. The molecule has 0 saturated carbocycles. The predicted molar refractivity (Wildman–Crippen MR) is 137 cm³/mol. The van der Waals surface area contributed by atoms with Gasteiger partial charge in [0, 0.05) is 12.8 Å². The molecule has 1 N–H and O–H groups in total. The Morgan fingerprint density at radius 1 is 0.912 bits per heavy atom.